The van der Waals surface area contributed by atoms with Crippen molar-refractivity contribution in [3.63, 3.8) is 0 Å². The van der Waals surface area contributed by atoms with E-state index in [4.69, 9.17) is 4.43 Å². The van der Waals surface area contributed by atoms with E-state index in [0.29, 0.717) is 11.0 Å². The standard InChI is InChI=1S/C16H33NO2Si/c1-13(18)17-11-14-7-9-15(10-8-14)12-19-20(5,6)16(2,3)4/h14-15H,7-12H2,1-6H3,(H,17,18). The zero-order valence-electron chi connectivity index (χ0n) is 14.2. The van der Waals surface area contributed by atoms with Crippen molar-refractivity contribution < 1.29 is 9.22 Å². The first kappa shape index (κ1) is 17.7. The predicted octanol–water partition coefficient (Wildman–Crippen LogP) is 3.95. The minimum atomic E-state index is -1.59. The number of carbonyl (C=O) groups excluding carboxylic acids is 1. The van der Waals surface area contributed by atoms with E-state index in [1.165, 1.54) is 25.7 Å². The van der Waals surface area contributed by atoms with Crippen molar-refractivity contribution in [3.8, 4) is 0 Å². The SMILES string of the molecule is CC(=O)NCC1CCC(CO[Si](C)(C)C(C)(C)C)CC1. The van der Waals surface area contributed by atoms with Gasteiger partial charge in [0, 0.05) is 20.1 Å². The van der Waals surface area contributed by atoms with Crippen molar-refractivity contribution in [3.05, 3.63) is 0 Å². The van der Waals surface area contributed by atoms with Gasteiger partial charge in [-0.05, 0) is 55.7 Å². The molecule has 0 aromatic rings. The second-order valence-corrected chi connectivity index (χ2v) is 12.7. The molecule has 0 bridgehead atoms. The minimum absolute atomic E-state index is 0.0911. The largest absolute Gasteiger partial charge is 0.417 e. The van der Waals surface area contributed by atoms with E-state index < -0.39 is 8.32 Å². The molecule has 0 aromatic heterocycles. The molecule has 1 rings (SSSR count). The van der Waals surface area contributed by atoms with Crippen LogP contribution >= 0.6 is 0 Å². The Hall–Kier alpha value is -0.353. The number of hydrogen-bond acceptors (Lipinski definition) is 2. The van der Waals surface area contributed by atoms with Gasteiger partial charge in [-0.15, -0.1) is 0 Å². The van der Waals surface area contributed by atoms with Crippen molar-refractivity contribution in [2.75, 3.05) is 13.2 Å². The Morgan fingerprint density at radius 1 is 1.15 bits per heavy atom. The molecule has 1 aliphatic rings. The Bertz CT molecular complexity index is 315. The molecule has 20 heavy (non-hydrogen) atoms. The fraction of sp³-hybridized carbons (Fsp3) is 0.938. The van der Waals surface area contributed by atoms with Crippen LogP contribution < -0.4 is 5.32 Å². The van der Waals surface area contributed by atoms with Crippen molar-refractivity contribution >= 4 is 14.2 Å². The highest BCUT2D eigenvalue weighted by Crippen LogP contribution is 2.38. The van der Waals surface area contributed by atoms with Crippen LogP contribution in [0, 0.1) is 11.8 Å². The molecule has 1 fully saturated rings. The lowest BCUT2D eigenvalue weighted by Gasteiger charge is -2.38. The first-order valence-corrected chi connectivity index (χ1v) is 10.9. The first-order valence-electron chi connectivity index (χ1n) is 8.00. The minimum Gasteiger partial charge on any atom is -0.417 e. The number of carbonyl (C=O) groups is 1. The quantitative estimate of drug-likeness (QED) is 0.781. The first-order chi connectivity index (χ1) is 9.12. The summed E-state index contributed by atoms with van der Waals surface area (Å²) in [5.74, 6) is 1.48. The maximum Gasteiger partial charge on any atom is 0.216 e. The van der Waals surface area contributed by atoms with Crippen LogP contribution in [0.4, 0.5) is 0 Å². The topological polar surface area (TPSA) is 38.3 Å². The van der Waals surface area contributed by atoms with Crippen molar-refractivity contribution in [2.24, 2.45) is 11.8 Å². The smallest absolute Gasteiger partial charge is 0.216 e. The second kappa shape index (κ2) is 7.08. The van der Waals surface area contributed by atoms with Crippen molar-refractivity contribution in [1.29, 1.82) is 0 Å². The average Bonchev–Trinajstić information content (AvgIpc) is 2.34. The summed E-state index contributed by atoms with van der Waals surface area (Å²) in [5, 5.41) is 3.24. The molecule has 1 aliphatic carbocycles. The summed E-state index contributed by atoms with van der Waals surface area (Å²) in [7, 11) is -1.59. The predicted molar refractivity (Wildman–Crippen MR) is 87.3 cm³/mol. The molecule has 1 saturated carbocycles. The summed E-state index contributed by atoms with van der Waals surface area (Å²) in [4.78, 5) is 10.9. The molecule has 0 radical (unpaired) electrons. The molecule has 0 spiro atoms. The summed E-state index contributed by atoms with van der Waals surface area (Å²) in [6.45, 7) is 14.9. The zero-order valence-corrected chi connectivity index (χ0v) is 15.2. The van der Waals surface area contributed by atoms with Crippen LogP contribution in [0.25, 0.3) is 0 Å². The highest BCUT2D eigenvalue weighted by atomic mass is 28.4. The monoisotopic (exact) mass is 299 g/mol. The van der Waals surface area contributed by atoms with Gasteiger partial charge in [0.15, 0.2) is 8.32 Å². The Labute approximate surface area is 126 Å². The van der Waals surface area contributed by atoms with Crippen LogP contribution in [0.15, 0.2) is 0 Å². The number of rotatable bonds is 5. The number of amides is 1. The van der Waals surface area contributed by atoms with Crippen molar-refractivity contribution in [1.82, 2.24) is 5.32 Å². The third-order valence-corrected chi connectivity index (χ3v) is 9.59. The van der Waals surface area contributed by atoms with E-state index in [2.05, 4.69) is 39.2 Å². The Morgan fingerprint density at radius 2 is 1.65 bits per heavy atom. The molecule has 3 nitrogen and oxygen atoms in total. The molecule has 0 saturated heterocycles. The van der Waals surface area contributed by atoms with Crippen LogP contribution in [-0.4, -0.2) is 27.4 Å². The van der Waals surface area contributed by atoms with Gasteiger partial charge in [-0.25, -0.2) is 0 Å². The molecule has 0 heterocycles. The normalized spacial score (nSPS) is 24.5. The second-order valence-electron chi connectivity index (χ2n) is 7.90. The van der Waals surface area contributed by atoms with E-state index in [1.54, 1.807) is 6.92 Å². The molecular formula is C16H33NO2Si. The molecular weight excluding hydrogens is 266 g/mol. The molecule has 1 N–H and O–H groups in total. The molecule has 118 valence electrons. The lowest BCUT2D eigenvalue weighted by Crippen LogP contribution is -2.42. The molecule has 0 aliphatic heterocycles. The van der Waals surface area contributed by atoms with Gasteiger partial charge >= 0.3 is 0 Å². The lowest BCUT2D eigenvalue weighted by atomic mass is 9.82. The molecule has 0 aromatic carbocycles. The Kier molecular flexibility index (Phi) is 6.26. The fourth-order valence-electron chi connectivity index (χ4n) is 2.43. The summed E-state index contributed by atoms with van der Waals surface area (Å²) in [6, 6.07) is 0. The van der Waals surface area contributed by atoms with Crippen LogP contribution in [0.2, 0.25) is 18.1 Å². The third kappa shape index (κ3) is 5.56. The molecule has 4 heteroatoms. The van der Waals surface area contributed by atoms with E-state index >= 15 is 0 Å². The third-order valence-electron chi connectivity index (χ3n) is 5.09. The maximum atomic E-state index is 10.9. The molecule has 0 unspecified atom stereocenters. The maximum absolute atomic E-state index is 10.9. The van der Waals surface area contributed by atoms with E-state index in [0.717, 1.165) is 19.1 Å². The van der Waals surface area contributed by atoms with Crippen molar-refractivity contribution in [2.45, 2.75) is 71.5 Å². The molecule has 0 atom stereocenters. The van der Waals surface area contributed by atoms with E-state index in [1.807, 2.05) is 0 Å². The van der Waals surface area contributed by atoms with E-state index in [9.17, 15) is 4.79 Å². The average molecular weight is 300 g/mol. The van der Waals surface area contributed by atoms with Crippen LogP contribution in [0.5, 0.6) is 0 Å². The van der Waals surface area contributed by atoms with Crippen LogP contribution in [0.3, 0.4) is 0 Å². The van der Waals surface area contributed by atoms with Crippen LogP contribution in [-0.2, 0) is 9.22 Å². The summed E-state index contributed by atoms with van der Waals surface area (Å²) < 4.78 is 6.34. The summed E-state index contributed by atoms with van der Waals surface area (Å²) in [5.41, 5.74) is 0. The zero-order chi connectivity index (χ0) is 15.4. The van der Waals surface area contributed by atoms with Gasteiger partial charge in [0.2, 0.25) is 5.91 Å². The lowest BCUT2D eigenvalue weighted by molar-refractivity contribution is -0.119. The van der Waals surface area contributed by atoms with Gasteiger partial charge in [0.05, 0.1) is 0 Å². The highest BCUT2D eigenvalue weighted by Gasteiger charge is 2.37. The van der Waals surface area contributed by atoms with Gasteiger partial charge in [0.1, 0.15) is 0 Å². The van der Waals surface area contributed by atoms with Crippen LogP contribution in [0.1, 0.15) is 53.4 Å². The Balaban J connectivity index is 2.28. The molecule has 1 amide bonds. The highest BCUT2D eigenvalue weighted by molar-refractivity contribution is 6.74. The van der Waals surface area contributed by atoms with Gasteiger partial charge in [0.25, 0.3) is 0 Å². The van der Waals surface area contributed by atoms with Gasteiger partial charge in [-0.3, -0.25) is 4.79 Å². The van der Waals surface area contributed by atoms with Gasteiger partial charge < -0.3 is 9.74 Å². The Morgan fingerprint density at radius 3 is 2.10 bits per heavy atom. The van der Waals surface area contributed by atoms with Gasteiger partial charge in [-0.1, -0.05) is 20.8 Å². The number of nitrogens with one attached hydrogen (secondary N) is 1. The van der Waals surface area contributed by atoms with E-state index in [-0.39, 0.29) is 5.91 Å². The van der Waals surface area contributed by atoms with Gasteiger partial charge in [-0.2, -0.15) is 0 Å². The summed E-state index contributed by atoms with van der Waals surface area (Å²) in [6.07, 6.45) is 4.95. The summed E-state index contributed by atoms with van der Waals surface area (Å²) >= 11 is 0. The fourth-order valence-corrected chi connectivity index (χ4v) is 3.52. The number of hydrogen-bond donors (Lipinski definition) is 1.